The van der Waals surface area contributed by atoms with Gasteiger partial charge in [0.2, 0.25) is 0 Å². The molecule has 2 aromatic rings. The van der Waals surface area contributed by atoms with E-state index in [2.05, 4.69) is 65.7 Å². The third kappa shape index (κ3) is 5.87. The third-order valence-corrected chi connectivity index (χ3v) is 7.75. The molecule has 2 saturated carbocycles. The highest BCUT2D eigenvalue weighted by Gasteiger charge is 2.53. The molecule has 0 amide bonds. The van der Waals surface area contributed by atoms with Crippen molar-refractivity contribution < 1.29 is 9.53 Å². The molecule has 5 rings (SSSR count). The topological polar surface area (TPSA) is 41.6 Å². The van der Waals surface area contributed by atoms with Crippen LogP contribution < -0.4 is 5.32 Å². The summed E-state index contributed by atoms with van der Waals surface area (Å²) in [4.78, 5) is 14.8. The molecule has 2 aromatic carbocycles. The molecule has 1 N–H and O–H groups in total. The van der Waals surface area contributed by atoms with Crippen molar-refractivity contribution in [1.82, 2.24) is 10.2 Å². The molecule has 4 heteroatoms. The van der Waals surface area contributed by atoms with Crippen molar-refractivity contribution in [3.8, 4) is 0 Å². The van der Waals surface area contributed by atoms with Gasteiger partial charge in [-0.3, -0.25) is 4.90 Å². The molecule has 1 spiro atoms. The van der Waals surface area contributed by atoms with Gasteiger partial charge < -0.3 is 10.1 Å². The molecule has 3 aliphatic rings. The Hall–Kier alpha value is -2.43. The minimum absolute atomic E-state index is 0.250. The van der Waals surface area contributed by atoms with Gasteiger partial charge in [0.25, 0.3) is 0 Å². The van der Waals surface area contributed by atoms with E-state index in [1.165, 1.54) is 43.5 Å². The van der Waals surface area contributed by atoms with Crippen LogP contribution in [-0.4, -0.2) is 41.6 Å². The summed E-state index contributed by atoms with van der Waals surface area (Å²) in [5.41, 5.74) is 4.88. The highest BCUT2D eigenvalue weighted by molar-refractivity contribution is 5.89. The van der Waals surface area contributed by atoms with Crippen molar-refractivity contribution in [2.75, 3.05) is 13.1 Å². The van der Waals surface area contributed by atoms with Gasteiger partial charge in [-0.2, -0.15) is 0 Å². The normalized spacial score (nSPS) is 24.1. The second-order valence-electron chi connectivity index (χ2n) is 12.0. The Balaban J connectivity index is 1.03. The average Bonchev–Trinajstić information content (AvgIpc) is 3.53. The highest BCUT2D eigenvalue weighted by Crippen LogP contribution is 2.50. The molecule has 4 nitrogen and oxygen atoms in total. The molecule has 2 aliphatic carbocycles. The number of likely N-dealkylation sites (tertiary alicyclic amines) is 1. The first-order valence-corrected chi connectivity index (χ1v) is 13.3. The lowest BCUT2D eigenvalue weighted by atomic mass is 9.60. The number of carbonyl (C=O) groups is 1. The number of hydrogen-bond donors (Lipinski definition) is 1. The number of ether oxygens (including phenoxy) is 1. The van der Waals surface area contributed by atoms with Crippen molar-refractivity contribution in [3.05, 3.63) is 76.9 Å². The molecule has 1 heterocycles. The zero-order chi connectivity index (χ0) is 24.6. The fourth-order valence-electron chi connectivity index (χ4n) is 6.04. The molecule has 186 valence electrons. The molecule has 3 fully saturated rings. The number of carbonyl (C=O) groups excluding carboxylic acids is 1. The smallest absolute Gasteiger partial charge is 0.338 e. The number of rotatable bonds is 8. The van der Waals surface area contributed by atoms with Crippen LogP contribution in [-0.2, 0) is 11.3 Å². The quantitative estimate of drug-likeness (QED) is 0.473. The number of esters is 1. The molecule has 0 bridgehead atoms. The zero-order valence-corrected chi connectivity index (χ0v) is 21.7. The zero-order valence-electron chi connectivity index (χ0n) is 21.7. The predicted octanol–water partition coefficient (Wildman–Crippen LogP) is 6.08. The van der Waals surface area contributed by atoms with Crippen molar-refractivity contribution in [2.24, 2.45) is 11.3 Å². The lowest BCUT2D eigenvalue weighted by Crippen LogP contribution is -2.65. The van der Waals surface area contributed by atoms with Crippen LogP contribution in [0.2, 0.25) is 0 Å². The van der Waals surface area contributed by atoms with Gasteiger partial charge in [-0.15, -0.1) is 0 Å². The van der Waals surface area contributed by atoms with Gasteiger partial charge in [0.05, 0.1) is 5.56 Å². The Bertz CT molecular complexity index is 1050. The Morgan fingerprint density at radius 1 is 1.09 bits per heavy atom. The second kappa shape index (κ2) is 9.55. The van der Waals surface area contributed by atoms with Crippen molar-refractivity contribution >= 4 is 12.0 Å². The Kier molecular flexibility index (Phi) is 6.63. The van der Waals surface area contributed by atoms with Crippen molar-refractivity contribution in [1.29, 1.82) is 0 Å². The van der Waals surface area contributed by atoms with Crippen LogP contribution in [0.15, 0.2) is 60.2 Å². The van der Waals surface area contributed by atoms with Crippen LogP contribution in [0.4, 0.5) is 0 Å². The number of nitrogens with one attached hydrogen (secondary N) is 1. The first-order valence-electron chi connectivity index (χ1n) is 13.3. The average molecular weight is 473 g/mol. The minimum atomic E-state index is -0.464. The van der Waals surface area contributed by atoms with Gasteiger partial charge in [-0.05, 0) is 81.0 Å². The van der Waals surface area contributed by atoms with Gasteiger partial charge in [0.1, 0.15) is 5.60 Å². The number of benzene rings is 2. The van der Waals surface area contributed by atoms with E-state index in [1.807, 2.05) is 32.9 Å². The van der Waals surface area contributed by atoms with Crippen LogP contribution in [0.5, 0.6) is 0 Å². The summed E-state index contributed by atoms with van der Waals surface area (Å²) in [6.45, 7) is 11.3. The summed E-state index contributed by atoms with van der Waals surface area (Å²) >= 11 is 0. The lowest BCUT2D eigenvalue weighted by molar-refractivity contribution is -0.0834. The van der Waals surface area contributed by atoms with E-state index in [0.717, 1.165) is 18.9 Å². The Morgan fingerprint density at radius 3 is 2.40 bits per heavy atom. The van der Waals surface area contributed by atoms with Gasteiger partial charge in [0, 0.05) is 31.7 Å². The van der Waals surface area contributed by atoms with E-state index in [-0.39, 0.29) is 5.97 Å². The molecule has 1 unspecified atom stereocenters. The number of nitrogens with zero attached hydrogens (tertiary/aromatic N) is 1. The van der Waals surface area contributed by atoms with Gasteiger partial charge in [-0.25, -0.2) is 4.79 Å². The van der Waals surface area contributed by atoms with Crippen LogP contribution in [0.1, 0.15) is 74.9 Å². The van der Waals surface area contributed by atoms with Gasteiger partial charge in [-0.1, -0.05) is 61.0 Å². The first kappa shape index (κ1) is 24.3. The van der Waals surface area contributed by atoms with E-state index in [9.17, 15) is 4.79 Å². The first-order chi connectivity index (χ1) is 16.7. The third-order valence-electron chi connectivity index (χ3n) is 7.75. The molecule has 1 aliphatic heterocycles. The summed E-state index contributed by atoms with van der Waals surface area (Å²) in [7, 11) is 0. The van der Waals surface area contributed by atoms with Crippen LogP contribution in [0.25, 0.3) is 6.08 Å². The van der Waals surface area contributed by atoms with E-state index < -0.39 is 5.60 Å². The van der Waals surface area contributed by atoms with E-state index in [0.29, 0.717) is 23.1 Å². The van der Waals surface area contributed by atoms with Crippen LogP contribution >= 0.6 is 0 Å². The highest BCUT2D eigenvalue weighted by atomic mass is 16.6. The molecular weight excluding hydrogens is 432 g/mol. The maximum Gasteiger partial charge on any atom is 0.338 e. The van der Waals surface area contributed by atoms with Gasteiger partial charge in [0.15, 0.2) is 0 Å². The lowest BCUT2D eigenvalue weighted by Gasteiger charge is -2.59. The summed E-state index contributed by atoms with van der Waals surface area (Å²) in [5.74, 6) is 0.470. The van der Waals surface area contributed by atoms with Crippen LogP contribution in [0.3, 0.4) is 0 Å². The van der Waals surface area contributed by atoms with E-state index >= 15 is 0 Å². The Labute approximate surface area is 210 Å². The summed E-state index contributed by atoms with van der Waals surface area (Å²) in [6, 6.07) is 20.0. The molecule has 2 atom stereocenters. The van der Waals surface area contributed by atoms with Crippen molar-refractivity contribution in [3.63, 3.8) is 0 Å². The summed E-state index contributed by atoms with van der Waals surface area (Å²) < 4.78 is 5.46. The van der Waals surface area contributed by atoms with Gasteiger partial charge >= 0.3 is 5.97 Å². The molecule has 35 heavy (non-hydrogen) atoms. The van der Waals surface area contributed by atoms with E-state index in [1.54, 1.807) is 5.57 Å². The maximum atomic E-state index is 12.2. The molecule has 0 aromatic heterocycles. The molecule has 0 radical (unpaired) electrons. The standard InChI is InChI=1S/C31H40N2O2/c1-5-24(15-22-9-7-6-8-10-22)27-16-28(27)32-26-17-31(18-26)20-33(21-31)19-23-11-13-25(14-12-23)29(34)35-30(2,3)4/h6-15,26-28,32H,5,16-21H2,1-4H3/t27?,28-/m0/s1. The summed E-state index contributed by atoms with van der Waals surface area (Å²) in [5, 5.41) is 3.96. The fourth-order valence-corrected chi connectivity index (χ4v) is 6.04. The summed E-state index contributed by atoms with van der Waals surface area (Å²) in [6.07, 6.45) is 7.46. The number of hydrogen-bond acceptors (Lipinski definition) is 4. The maximum absolute atomic E-state index is 12.2. The Morgan fingerprint density at radius 2 is 1.77 bits per heavy atom. The monoisotopic (exact) mass is 472 g/mol. The van der Waals surface area contributed by atoms with Crippen LogP contribution in [0, 0.1) is 11.3 Å². The molecular formula is C31H40N2O2. The minimum Gasteiger partial charge on any atom is -0.456 e. The SMILES string of the molecule is CCC(=Cc1ccccc1)C1C[C@@H]1NC1CC2(C1)CN(Cc1ccc(C(=O)OC(C)(C)C)cc1)C2. The molecule has 1 saturated heterocycles. The largest absolute Gasteiger partial charge is 0.456 e. The second-order valence-corrected chi connectivity index (χ2v) is 12.0. The fraction of sp³-hybridized carbons (Fsp3) is 0.516. The van der Waals surface area contributed by atoms with Crippen molar-refractivity contribution in [2.45, 2.75) is 77.6 Å². The predicted molar refractivity (Wildman–Crippen MR) is 142 cm³/mol. The van der Waals surface area contributed by atoms with E-state index in [4.69, 9.17) is 4.74 Å².